The maximum absolute atomic E-state index is 12.7. The van der Waals surface area contributed by atoms with Crippen LogP contribution in [-0.4, -0.2) is 51.4 Å². The average Bonchev–Trinajstić information content (AvgIpc) is 3.17. The zero-order valence-electron chi connectivity index (χ0n) is 19.4. The highest BCUT2D eigenvalue weighted by atomic mass is 16.1. The first-order valence-corrected chi connectivity index (χ1v) is 11.9. The molecule has 1 aliphatic rings. The summed E-state index contributed by atoms with van der Waals surface area (Å²) in [5, 5.41) is 3.71. The van der Waals surface area contributed by atoms with Gasteiger partial charge in [0.25, 0.3) is 11.5 Å². The Kier molecular flexibility index (Phi) is 6.06. The van der Waals surface area contributed by atoms with Crippen LogP contribution in [-0.2, 0) is 0 Å². The van der Waals surface area contributed by atoms with Gasteiger partial charge in [0.2, 0.25) is 0 Å². The fourth-order valence-corrected chi connectivity index (χ4v) is 4.82. The maximum Gasteiger partial charge on any atom is 0.276 e. The van der Waals surface area contributed by atoms with Gasteiger partial charge in [0.15, 0.2) is 5.69 Å². The van der Waals surface area contributed by atoms with E-state index in [-0.39, 0.29) is 17.2 Å². The number of aromatic amines is 2. The first-order chi connectivity index (χ1) is 16.5. The Morgan fingerprint density at radius 3 is 2.88 bits per heavy atom. The summed E-state index contributed by atoms with van der Waals surface area (Å²) in [6.07, 6.45) is 4.75. The summed E-state index contributed by atoms with van der Waals surface area (Å²) in [7, 11) is 0. The second-order valence-corrected chi connectivity index (χ2v) is 9.10. The number of piperidine rings is 1. The van der Waals surface area contributed by atoms with Crippen LogP contribution in [0.2, 0.25) is 0 Å². The molecule has 4 aromatic rings. The van der Waals surface area contributed by atoms with Gasteiger partial charge in [0, 0.05) is 35.6 Å². The van der Waals surface area contributed by atoms with Crippen molar-refractivity contribution in [2.75, 3.05) is 25.4 Å². The molecule has 34 heavy (non-hydrogen) atoms. The molecule has 8 nitrogen and oxygen atoms in total. The number of carbonyl (C=O) groups is 1. The number of amides is 1. The number of nitrogens with one attached hydrogen (secondary N) is 3. The molecular weight excluding hydrogens is 428 g/mol. The van der Waals surface area contributed by atoms with Crippen LogP contribution < -0.4 is 16.6 Å². The van der Waals surface area contributed by atoms with E-state index in [9.17, 15) is 9.59 Å². The largest absolute Gasteiger partial charge is 0.396 e. The number of hydrogen-bond acceptors (Lipinski definition) is 5. The molecule has 0 aliphatic carbocycles. The highest BCUT2D eigenvalue weighted by Gasteiger charge is 2.19. The van der Waals surface area contributed by atoms with Crippen LogP contribution in [0.4, 0.5) is 5.69 Å². The molecule has 1 unspecified atom stereocenters. The van der Waals surface area contributed by atoms with Crippen LogP contribution in [0.3, 0.4) is 0 Å². The van der Waals surface area contributed by atoms with Gasteiger partial charge < -0.3 is 25.9 Å². The van der Waals surface area contributed by atoms with E-state index in [1.807, 2.05) is 24.3 Å². The minimum Gasteiger partial charge on any atom is -0.396 e. The van der Waals surface area contributed by atoms with Crippen LogP contribution in [0, 0.1) is 0 Å². The lowest BCUT2D eigenvalue weighted by Crippen LogP contribution is -2.39. The van der Waals surface area contributed by atoms with Crippen molar-refractivity contribution in [1.82, 2.24) is 25.2 Å². The maximum atomic E-state index is 12.7. The lowest BCUT2D eigenvalue weighted by molar-refractivity contribution is 0.0949. The summed E-state index contributed by atoms with van der Waals surface area (Å²) in [5.41, 5.74) is 9.80. The van der Waals surface area contributed by atoms with E-state index in [0.717, 1.165) is 25.0 Å². The third kappa shape index (κ3) is 4.28. The number of hydrogen-bond donors (Lipinski definition) is 4. The van der Waals surface area contributed by atoms with Gasteiger partial charge >= 0.3 is 0 Å². The number of carbonyl (C=O) groups excluding carboxylic acids is 1. The molecule has 1 aliphatic heterocycles. The van der Waals surface area contributed by atoms with E-state index in [1.54, 1.807) is 18.2 Å². The van der Waals surface area contributed by atoms with E-state index in [4.69, 9.17) is 5.73 Å². The van der Waals surface area contributed by atoms with Crippen molar-refractivity contribution in [3.05, 3.63) is 58.4 Å². The average molecular weight is 459 g/mol. The van der Waals surface area contributed by atoms with E-state index in [1.165, 1.54) is 19.3 Å². The molecule has 1 fully saturated rings. The Morgan fingerprint density at radius 1 is 1.18 bits per heavy atom. The molecule has 0 saturated carbocycles. The number of fused-ring (bicyclic) bond motifs is 2. The van der Waals surface area contributed by atoms with Gasteiger partial charge in [-0.2, -0.15) is 0 Å². The SMILES string of the molecule is CC1CCCCN1CCCNC(=O)c1ccc2[nH]c(-c3nc4ccccc4[nH]c3=O)c(N)c2c1. The van der Waals surface area contributed by atoms with Gasteiger partial charge in [0.1, 0.15) is 0 Å². The third-order valence-corrected chi connectivity index (χ3v) is 6.79. The van der Waals surface area contributed by atoms with E-state index in [2.05, 4.69) is 32.1 Å². The number of H-pyrrole nitrogens is 2. The van der Waals surface area contributed by atoms with Crippen molar-refractivity contribution in [3.8, 4) is 11.4 Å². The minimum atomic E-state index is -0.321. The lowest BCUT2D eigenvalue weighted by Gasteiger charge is -2.33. The molecule has 1 saturated heterocycles. The Balaban J connectivity index is 1.32. The normalized spacial score (nSPS) is 16.8. The molecule has 5 N–H and O–H groups in total. The van der Waals surface area contributed by atoms with Crippen molar-refractivity contribution in [3.63, 3.8) is 0 Å². The Morgan fingerprint density at radius 2 is 2.03 bits per heavy atom. The zero-order chi connectivity index (χ0) is 23.7. The number of anilines is 1. The highest BCUT2D eigenvalue weighted by Crippen LogP contribution is 2.31. The van der Waals surface area contributed by atoms with Crippen molar-refractivity contribution in [1.29, 1.82) is 0 Å². The van der Waals surface area contributed by atoms with Gasteiger partial charge in [-0.05, 0) is 63.1 Å². The zero-order valence-corrected chi connectivity index (χ0v) is 19.4. The second kappa shape index (κ2) is 9.30. The highest BCUT2D eigenvalue weighted by molar-refractivity contribution is 6.04. The molecule has 5 rings (SSSR count). The number of nitrogens with two attached hydrogens (primary N) is 1. The van der Waals surface area contributed by atoms with Crippen molar-refractivity contribution in [2.45, 2.75) is 38.6 Å². The lowest BCUT2D eigenvalue weighted by atomic mass is 10.0. The molecule has 1 amide bonds. The molecule has 0 bridgehead atoms. The van der Waals surface area contributed by atoms with Gasteiger partial charge in [-0.25, -0.2) is 4.98 Å². The number of rotatable bonds is 6. The molecule has 0 spiro atoms. The second-order valence-electron chi connectivity index (χ2n) is 9.10. The Bertz CT molecular complexity index is 1410. The summed E-state index contributed by atoms with van der Waals surface area (Å²) in [5.74, 6) is -0.127. The van der Waals surface area contributed by atoms with Gasteiger partial charge in [-0.1, -0.05) is 18.6 Å². The number of likely N-dealkylation sites (tertiary alicyclic amines) is 1. The number of benzene rings is 2. The van der Waals surface area contributed by atoms with E-state index >= 15 is 0 Å². The van der Waals surface area contributed by atoms with Crippen LogP contribution >= 0.6 is 0 Å². The molecule has 1 atom stereocenters. The summed E-state index contributed by atoms with van der Waals surface area (Å²) in [6.45, 7) is 5.06. The van der Waals surface area contributed by atoms with Gasteiger partial charge in [0.05, 0.1) is 22.4 Å². The standard InChI is InChI=1S/C26H30N6O2/c1-16-7-4-5-13-32(16)14-6-12-28-25(33)17-10-11-19-18(15-17)22(27)23(29-19)24-26(34)31-21-9-3-2-8-20(21)30-24/h2-3,8-11,15-16,29H,4-7,12-14,27H2,1H3,(H,28,33)(H,31,34). The molecular formula is C26H30N6O2. The number of aromatic nitrogens is 3. The number of para-hydroxylation sites is 2. The predicted molar refractivity (Wildman–Crippen MR) is 136 cm³/mol. The van der Waals surface area contributed by atoms with Gasteiger partial charge in [-0.15, -0.1) is 0 Å². The van der Waals surface area contributed by atoms with Crippen molar-refractivity contribution in [2.24, 2.45) is 0 Å². The summed E-state index contributed by atoms with van der Waals surface area (Å²) in [4.78, 5) is 38.5. The molecule has 3 heterocycles. The quantitative estimate of drug-likeness (QED) is 0.329. The fourth-order valence-electron chi connectivity index (χ4n) is 4.82. The molecule has 0 radical (unpaired) electrons. The molecule has 2 aromatic heterocycles. The fraction of sp³-hybridized carbons (Fsp3) is 0.346. The van der Waals surface area contributed by atoms with Crippen LogP contribution in [0.25, 0.3) is 33.3 Å². The Labute approximate surface area is 197 Å². The minimum absolute atomic E-state index is 0.127. The monoisotopic (exact) mass is 458 g/mol. The molecule has 176 valence electrons. The predicted octanol–water partition coefficient (Wildman–Crippen LogP) is 3.65. The van der Waals surface area contributed by atoms with Crippen LogP contribution in [0.1, 0.15) is 43.0 Å². The topological polar surface area (TPSA) is 120 Å². The molecule has 2 aromatic carbocycles. The third-order valence-electron chi connectivity index (χ3n) is 6.79. The first-order valence-electron chi connectivity index (χ1n) is 11.9. The van der Waals surface area contributed by atoms with Crippen molar-refractivity contribution < 1.29 is 4.79 Å². The summed E-state index contributed by atoms with van der Waals surface area (Å²) in [6, 6.07) is 13.3. The number of nitrogen functional groups attached to an aromatic ring is 1. The summed E-state index contributed by atoms with van der Waals surface area (Å²) < 4.78 is 0. The van der Waals surface area contributed by atoms with E-state index in [0.29, 0.717) is 46.0 Å². The number of nitrogens with zero attached hydrogens (tertiary/aromatic N) is 2. The van der Waals surface area contributed by atoms with Crippen LogP contribution in [0.15, 0.2) is 47.3 Å². The molecule has 8 heteroatoms. The van der Waals surface area contributed by atoms with Gasteiger partial charge in [-0.3, -0.25) is 9.59 Å². The smallest absolute Gasteiger partial charge is 0.276 e. The van der Waals surface area contributed by atoms with Crippen LogP contribution in [0.5, 0.6) is 0 Å². The Hall–Kier alpha value is -3.65. The van der Waals surface area contributed by atoms with Crippen molar-refractivity contribution >= 4 is 33.5 Å². The van der Waals surface area contributed by atoms with E-state index < -0.39 is 0 Å². The summed E-state index contributed by atoms with van der Waals surface area (Å²) >= 11 is 0. The first kappa shape index (κ1) is 22.2.